The minimum Gasteiger partial charge on any atom is -0.392 e. The fourth-order valence-corrected chi connectivity index (χ4v) is 2.62. The summed E-state index contributed by atoms with van der Waals surface area (Å²) >= 11 is 1.61. The highest BCUT2D eigenvalue weighted by molar-refractivity contribution is 7.99. The molecule has 0 aliphatic rings. The van der Waals surface area contributed by atoms with Gasteiger partial charge in [0.05, 0.1) is 6.61 Å². The molecule has 2 rings (SSSR count). The van der Waals surface area contributed by atoms with Crippen LogP contribution in [-0.4, -0.2) is 10.1 Å². The topological polar surface area (TPSA) is 33.1 Å². The lowest BCUT2D eigenvalue weighted by molar-refractivity contribution is 0.278. The van der Waals surface area contributed by atoms with Crippen LogP contribution >= 0.6 is 11.8 Å². The molecule has 0 radical (unpaired) electrons. The number of benzene rings is 1. The van der Waals surface area contributed by atoms with E-state index in [1.54, 1.807) is 18.0 Å². The Morgan fingerprint density at radius 3 is 2.82 bits per heavy atom. The Bertz CT molecular complexity index is 525. The maximum absolute atomic E-state index is 9.27. The van der Waals surface area contributed by atoms with Crippen molar-refractivity contribution in [2.45, 2.75) is 30.4 Å². The van der Waals surface area contributed by atoms with Crippen LogP contribution in [0.5, 0.6) is 0 Å². The Hall–Kier alpha value is -1.32. The first-order valence-electron chi connectivity index (χ1n) is 5.50. The number of aliphatic hydroxyl groups excluding tert-OH is 1. The van der Waals surface area contributed by atoms with Gasteiger partial charge in [0.25, 0.3) is 0 Å². The lowest BCUT2D eigenvalue weighted by Crippen LogP contribution is -1.91. The van der Waals surface area contributed by atoms with Gasteiger partial charge in [0.1, 0.15) is 5.03 Å². The molecule has 0 unspecified atom stereocenters. The number of aromatic nitrogens is 1. The van der Waals surface area contributed by atoms with E-state index in [-0.39, 0.29) is 6.61 Å². The lowest BCUT2D eigenvalue weighted by atomic mass is 10.2. The molecule has 1 heterocycles. The van der Waals surface area contributed by atoms with Gasteiger partial charge in [0, 0.05) is 16.7 Å². The second-order valence-corrected chi connectivity index (χ2v) is 5.03. The molecule has 2 nitrogen and oxygen atoms in total. The van der Waals surface area contributed by atoms with Crippen LogP contribution in [-0.2, 0) is 6.61 Å². The third-order valence-corrected chi connectivity index (χ3v) is 3.79. The van der Waals surface area contributed by atoms with Crippen LogP contribution in [0.25, 0.3) is 0 Å². The van der Waals surface area contributed by atoms with Gasteiger partial charge in [-0.3, -0.25) is 0 Å². The van der Waals surface area contributed by atoms with Crippen molar-refractivity contribution >= 4 is 11.8 Å². The summed E-state index contributed by atoms with van der Waals surface area (Å²) in [5.74, 6) is 0. The second-order valence-electron chi connectivity index (χ2n) is 4.00. The Labute approximate surface area is 106 Å². The molecule has 1 N–H and O–H groups in total. The summed E-state index contributed by atoms with van der Waals surface area (Å²) in [6.45, 7) is 4.19. The number of hydrogen-bond donors (Lipinski definition) is 1. The van der Waals surface area contributed by atoms with Crippen molar-refractivity contribution < 1.29 is 5.11 Å². The van der Waals surface area contributed by atoms with Crippen LogP contribution in [0.15, 0.2) is 46.5 Å². The third-order valence-electron chi connectivity index (χ3n) is 2.57. The molecule has 0 aliphatic carbocycles. The molecule has 3 heteroatoms. The summed E-state index contributed by atoms with van der Waals surface area (Å²) in [5.41, 5.74) is 3.34. The van der Waals surface area contributed by atoms with Gasteiger partial charge in [-0.1, -0.05) is 30.0 Å². The molecular formula is C14H15NOS. The van der Waals surface area contributed by atoms with Crippen LogP contribution in [0.2, 0.25) is 0 Å². The van der Waals surface area contributed by atoms with E-state index in [4.69, 9.17) is 0 Å². The number of pyridine rings is 1. The first-order valence-corrected chi connectivity index (χ1v) is 6.32. The van der Waals surface area contributed by atoms with Crippen LogP contribution in [0.3, 0.4) is 0 Å². The molecule has 88 valence electrons. The van der Waals surface area contributed by atoms with Gasteiger partial charge < -0.3 is 5.11 Å². The van der Waals surface area contributed by atoms with Crippen LogP contribution in [0.4, 0.5) is 0 Å². The van der Waals surface area contributed by atoms with Crippen molar-refractivity contribution in [1.29, 1.82) is 0 Å². The van der Waals surface area contributed by atoms with Crippen LogP contribution < -0.4 is 0 Å². The zero-order chi connectivity index (χ0) is 12.3. The minimum absolute atomic E-state index is 0.0288. The van der Waals surface area contributed by atoms with Gasteiger partial charge in [-0.25, -0.2) is 4.98 Å². The molecule has 0 aliphatic heterocycles. The zero-order valence-corrected chi connectivity index (χ0v) is 10.8. The zero-order valence-electron chi connectivity index (χ0n) is 9.97. The van der Waals surface area contributed by atoms with E-state index in [1.165, 1.54) is 16.0 Å². The van der Waals surface area contributed by atoms with Gasteiger partial charge in [-0.2, -0.15) is 0 Å². The molecule has 1 aromatic heterocycles. The molecule has 0 saturated carbocycles. The summed E-state index contributed by atoms with van der Waals surface area (Å²) in [6, 6.07) is 10.1. The largest absolute Gasteiger partial charge is 0.392 e. The van der Waals surface area contributed by atoms with Crippen molar-refractivity contribution in [3.8, 4) is 0 Å². The average Bonchev–Trinajstić information content (AvgIpc) is 2.34. The predicted octanol–water partition coefficient (Wildman–Crippen LogP) is 3.34. The molecule has 0 amide bonds. The van der Waals surface area contributed by atoms with Gasteiger partial charge in [-0.15, -0.1) is 0 Å². The van der Waals surface area contributed by atoms with Crippen LogP contribution in [0, 0.1) is 13.8 Å². The quantitative estimate of drug-likeness (QED) is 0.900. The molecule has 1 aromatic carbocycles. The average molecular weight is 245 g/mol. The maximum atomic E-state index is 9.27. The van der Waals surface area contributed by atoms with E-state index < -0.39 is 0 Å². The predicted molar refractivity (Wildman–Crippen MR) is 70.2 cm³/mol. The minimum atomic E-state index is 0.0288. The van der Waals surface area contributed by atoms with Gasteiger partial charge in [-0.05, 0) is 37.1 Å². The summed E-state index contributed by atoms with van der Waals surface area (Å²) < 4.78 is 0. The Morgan fingerprint density at radius 1 is 1.24 bits per heavy atom. The van der Waals surface area contributed by atoms with E-state index in [0.29, 0.717) is 0 Å². The van der Waals surface area contributed by atoms with Gasteiger partial charge in [0.2, 0.25) is 0 Å². The van der Waals surface area contributed by atoms with Crippen LogP contribution in [0.1, 0.15) is 16.7 Å². The third kappa shape index (κ3) is 2.87. The Kier molecular flexibility index (Phi) is 3.82. The van der Waals surface area contributed by atoms with Crippen molar-refractivity contribution in [1.82, 2.24) is 4.98 Å². The first-order chi connectivity index (χ1) is 8.20. The summed E-state index contributed by atoms with van der Waals surface area (Å²) in [7, 11) is 0. The highest BCUT2D eigenvalue weighted by Gasteiger charge is 2.06. The van der Waals surface area contributed by atoms with E-state index in [9.17, 15) is 5.11 Å². The number of rotatable bonds is 3. The van der Waals surface area contributed by atoms with Crippen molar-refractivity contribution in [2.24, 2.45) is 0 Å². The highest BCUT2D eigenvalue weighted by atomic mass is 32.2. The first kappa shape index (κ1) is 12.1. The van der Waals surface area contributed by atoms with Crippen molar-refractivity contribution in [2.75, 3.05) is 0 Å². The molecule has 0 spiro atoms. The molecule has 0 atom stereocenters. The number of hydrogen-bond acceptors (Lipinski definition) is 3. The molecule has 0 bridgehead atoms. The Morgan fingerprint density at radius 2 is 2.06 bits per heavy atom. The van der Waals surface area contributed by atoms with E-state index in [1.807, 2.05) is 12.1 Å². The molecule has 17 heavy (non-hydrogen) atoms. The molecular weight excluding hydrogens is 230 g/mol. The smallest absolute Gasteiger partial charge is 0.106 e. The fraction of sp³-hybridized carbons (Fsp3) is 0.214. The second kappa shape index (κ2) is 5.34. The van der Waals surface area contributed by atoms with E-state index in [0.717, 1.165) is 10.6 Å². The standard InChI is InChI=1S/C14H15NOS/c1-10-5-6-11(2)13(8-10)17-14-12(9-16)4-3-7-15-14/h3-8,16H,9H2,1-2H3. The molecule has 0 saturated heterocycles. The van der Waals surface area contributed by atoms with Crippen molar-refractivity contribution in [3.05, 3.63) is 53.2 Å². The van der Waals surface area contributed by atoms with Gasteiger partial charge in [0.15, 0.2) is 0 Å². The highest BCUT2D eigenvalue weighted by Crippen LogP contribution is 2.31. The summed E-state index contributed by atoms with van der Waals surface area (Å²) in [4.78, 5) is 5.51. The van der Waals surface area contributed by atoms with E-state index in [2.05, 4.69) is 37.0 Å². The van der Waals surface area contributed by atoms with Gasteiger partial charge >= 0.3 is 0 Å². The number of aryl methyl sites for hydroxylation is 2. The Balaban J connectivity index is 2.34. The fourth-order valence-electron chi connectivity index (χ4n) is 1.56. The monoisotopic (exact) mass is 245 g/mol. The SMILES string of the molecule is Cc1ccc(C)c(Sc2ncccc2CO)c1. The van der Waals surface area contributed by atoms with Crippen molar-refractivity contribution in [3.63, 3.8) is 0 Å². The summed E-state index contributed by atoms with van der Waals surface area (Å²) in [6.07, 6.45) is 1.76. The number of nitrogens with zero attached hydrogens (tertiary/aromatic N) is 1. The molecule has 2 aromatic rings. The lowest BCUT2D eigenvalue weighted by Gasteiger charge is -2.08. The number of aliphatic hydroxyl groups is 1. The van der Waals surface area contributed by atoms with E-state index >= 15 is 0 Å². The summed E-state index contributed by atoms with van der Waals surface area (Å²) in [5, 5.41) is 10.1. The normalized spacial score (nSPS) is 10.5. The maximum Gasteiger partial charge on any atom is 0.106 e. The molecule has 0 fully saturated rings.